The number of rotatable bonds is 3. The van der Waals surface area contributed by atoms with Crippen LogP contribution in [0.25, 0.3) is 0 Å². The summed E-state index contributed by atoms with van der Waals surface area (Å²) in [7, 11) is 0. The van der Waals surface area contributed by atoms with E-state index in [4.69, 9.17) is 23.2 Å². The third kappa shape index (κ3) is 3.30. The molecule has 1 aromatic carbocycles. The topological polar surface area (TPSA) is 42.0 Å². The van der Waals surface area contributed by atoms with Gasteiger partial charge in [-0.25, -0.2) is 4.98 Å². The summed E-state index contributed by atoms with van der Waals surface area (Å²) in [6, 6.07) is 9.20. The SMILES string of the molecule is CC(C)c1ccccc1NC(=O)c1cnc(Cl)c(Cl)c1. The van der Waals surface area contributed by atoms with E-state index in [0.29, 0.717) is 11.5 Å². The average molecular weight is 309 g/mol. The van der Waals surface area contributed by atoms with Crippen LogP contribution in [-0.4, -0.2) is 10.9 Å². The van der Waals surface area contributed by atoms with Gasteiger partial charge in [0.2, 0.25) is 0 Å². The van der Waals surface area contributed by atoms with Gasteiger partial charge in [-0.05, 0) is 23.6 Å². The lowest BCUT2D eigenvalue weighted by molar-refractivity contribution is 0.102. The molecule has 0 spiro atoms. The number of nitrogens with zero attached hydrogens (tertiary/aromatic N) is 1. The number of aromatic nitrogens is 1. The summed E-state index contributed by atoms with van der Waals surface area (Å²) in [6.07, 6.45) is 1.40. The summed E-state index contributed by atoms with van der Waals surface area (Å²) in [6.45, 7) is 4.15. The second kappa shape index (κ2) is 6.25. The molecule has 0 aliphatic heterocycles. The highest BCUT2D eigenvalue weighted by Crippen LogP contribution is 2.25. The van der Waals surface area contributed by atoms with Crippen molar-refractivity contribution < 1.29 is 4.79 Å². The molecule has 1 amide bonds. The van der Waals surface area contributed by atoms with Gasteiger partial charge in [0, 0.05) is 11.9 Å². The van der Waals surface area contributed by atoms with Crippen molar-refractivity contribution in [1.29, 1.82) is 0 Å². The molecule has 1 heterocycles. The van der Waals surface area contributed by atoms with Gasteiger partial charge in [0.05, 0.1) is 10.6 Å². The Balaban J connectivity index is 2.26. The van der Waals surface area contributed by atoms with Crippen LogP contribution in [0.1, 0.15) is 35.7 Å². The van der Waals surface area contributed by atoms with Crippen LogP contribution >= 0.6 is 23.2 Å². The lowest BCUT2D eigenvalue weighted by Crippen LogP contribution is -2.14. The minimum Gasteiger partial charge on any atom is -0.322 e. The summed E-state index contributed by atoms with van der Waals surface area (Å²) >= 11 is 11.6. The van der Waals surface area contributed by atoms with Gasteiger partial charge in [-0.1, -0.05) is 55.2 Å². The molecule has 0 aliphatic rings. The van der Waals surface area contributed by atoms with Crippen LogP contribution in [-0.2, 0) is 0 Å². The van der Waals surface area contributed by atoms with Crippen molar-refractivity contribution in [2.45, 2.75) is 19.8 Å². The van der Waals surface area contributed by atoms with Gasteiger partial charge in [-0.15, -0.1) is 0 Å². The number of carbonyl (C=O) groups is 1. The Morgan fingerprint density at radius 3 is 2.60 bits per heavy atom. The molecule has 0 atom stereocenters. The van der Waals surface area contributed by atoms with Crippen molar-refractivity contribution in [3.05, 3.63) is 57.8 Å². The van der Waals surface area contributed by atoms with Gasteiger partial charge in [0.25, 0.3) is 5.91 Å². The largest absolute Gasteiger partial charge is 0.322 e. The van der Waals surface area contributed by atoms with Crippen LogP contribution in [0.2, 0.25) is 10.2 Å². The first kappa shape index (κ1) is 14.8. The van der Waals surface area contributed by atoms with Crippen molar-refractivity contribution in [2.24, 2.45) is 0 Å². The lowest BCUT2D eigenvalue weighted by Gasteiger charge is -2.13. The van der Waals surface area contributed by atoms with Gasteiger partial charge >= 0.3 is 0 Å². The fourth-order valence-electron chi connectivity index (χ4n) is 1.85. The van der Waals surface area contributed by atoms with Crippen LogP contribution in [0.5, 0.6) is 0 Å². The molecule has 1 N–H and O–H groups in total. The molecule has 0 saturated carbocycles. The van der Waals surface area contributed by atoms with E-state index in [-0.39, 0.29) is 16.1 Å². The van der Waals surface area contributed by atoms with Crippen molar-refractivity contribution >= 4 is 34.8 Å². The molecule has 0 aliphatic carbocycles. The van der Waals surface area contributed by atoms with Gasteiger partial charge in [-0.3, -0.25) is 4.79 Å². The molecule has 2 rings (SSSR count). The van der Waals surface area contributed by atoms with Crippen LogP contribution in [0, 0.1) is 0 Å². The summed E-state index contributed by atoms with van der Waals surface area (Å²) < 4.78 is 0. The highest BCUT2D eigenvalue weighted by Gasteiger charge is 2.12. The van der Waals surface area contributed by atoms with Crippen LogP contribution in [0.3, 0.4) is 0 Å². The van der Waals surface area contributed by atoms with Crippen LogP contribution in [0.15, 0.2) is 36.5 Å². The Kier molecular flexibility index (Phi) is 4.63. The molecule has 0 fully saturated rings. The standard InChI is InChI=1S/C15H14Cl2N2O/c1-9(2)11-5-3-4-6-13(11)19-15(20)10-7-12(16)14(17)18-8-10/h3-9H,1-2H3,(H,19,20). The summed E-state index contributed by atoms with van der Waals surface area (Å²) in [5, 5.41) is 3.32. The predicted octanol–water partition coefficient (Wildman–Crippen LogP) is 4.76. The minimum atomic E-state index is -0.260. The smallest absolute Gasteiger partial charge is 0.257 e. The average Bonchev–Trinajstić information content (AvgIpc) is 2.42. The zero-order valence-corrected chi connectivity index (χ0v) is 12.7. The minimum absolute atomic E-state index is 0.186. The summed E-state index contributed by atoms with van der Waals surface area (Å²) in [4.78, 5) is 16.1. The summed E-state index contributed by atoms with van der Waals surface area (Å²) in [5.41, 5.74) is 2.24. The van der Waals surface area contributed by atoms with E-state index in [2.05, 4.69) is 24.1 Å². The highest BCUT2D eigenvalue weighted by atomic mass is 35.5. The highest BCUT2D eigenvalue weighted by molar-refractivity contribution is 6.41. The Morgan fingerprint density at radius 1 is 1.25 bits per heavy atom. The maximum absolute atomic E-state index is 12.2. The number of para-hydroxylation sites is 1. The molecule has 0 unspecified atom stereocenters. The number of carbonyl (C=O) groups excluding carboxylic acids is 1. The van der Waals surface area contributed by atoms with E-state index < -0.39 is 0 Å². The van der Waals surface area contributed by atoms with Gasteiger partial charge in [0.1, 0.15) is 5.15 Å². The number of hydrogen-bond donors (Lipinski definition) is 1. The second-order valence-corrected chi connectivity index (χ2v) is 5.46. The zero-order chi connectivity index (χ0) is 14.7. The van der Waals surface area contributed by atoms with Gasteiger partial charge in [-0.2, -0.15) is 0 Å². The maximum Gasteiger partial charge on any atom is 0.257 e. The first-order valence-corrected chi connectivity index (χ1v) is 6.96. The first-order chi connectivity index (χ1) is 9.49. The van der Waals surface area contributed by atoms with Crippen LogP contribution in [0.4, 0.5) is 5.69 Å². The normalized spacial score (nSPS) is 10.7. The van der Waals surface area contributed by atoms with E-state index in [1.807, 2.05) is 24.3 Å². The molecule has 0 saturated heterocycles. The third-order valence-electron chi connectivity index (χ3n) is 2.89. The van der Waals surface area contributed by atoms with E-state index in [1.54, 1.807) is 0 Å². The molecule has 104 valence electrons. The number of benzene rings is 1. The number of anilines is 1. The molecule has 0 bridgehead atoms. The lowest BCUT2D eigenvalue weighted by atomic mass is 10.0. The van der Waals surface area contributed by atoms with E-state index >= 15 is 0 Å². The molecule has 0 radical (unpaired) electrons. The molecule has 2 aromatic rings. The first-order valence-electron chi connectivity index (χ1n) is 6.20. The van der Waals surface area contributed by atoms with Crippen molar-refractivity contribution in [1.82, 2.24) is 4.98 Å². The number of halogens is 2. The van der Waals surface area contributed by atoms with E-state index in [1.165, 1.54) is 12.3 Å². The van der Waals surface area contributed by atoms with Gasteiger partial charge in [0.15, 0.2) is 0 Å². The monoisotopic (exact) mass is 308 g/mol. The van der Waals surface area contributed by atoms with Crippen LogP contribution < -0.4 is 5.32 Å². The number of hydrogen-bond acceptors (Lipinski definition) is 2. The van der Waals surface area contributed by atoms with Crippen molar-refractivity contribution in [3.63, 3.8) is 0 Å². The molecular formula is C15H14Cl2N2O. The van der Waals surface area contributed by atoms with E-state index in [9.17, 15) is 4.79 Å². The molecular weight excluding hydrogens is 295 g/mol. The Hall–Kier alpha value is -1.58. The molecule has 5 heteroatoms. The molecule has 1 aromatic heterocycles. The zero-order valence-electron chi connectivity index (χ0n) is 11.2. The molecule has 3 nitrogen and oxygen atoms in total. The number of amides is 1. The maximum atomic E-state index is 12.2. The predicted molar refractivity (Wildman–Crippen MR) is 82.7 cm³/mol. The Labute approximate surface area is 127 Å². The number of pyridine rings is 1. The fourth-order valence-corrected chi connectivity index (χ4v) is 2.12. The Bertz CT molecular complexity index is 642. The fraction of sp³-hybridized carbons (Fsp3) is 0.200. The Morgan fingerprint density at radius 2 is 1.95 bits per heavy atom. The molecule has 20 heavy (non-hydrogen) atoms. The van der Waals surface area contributed by atoms with Crippen molar-refractivity contribution in [3.8, 4) is 0 Å². The van der Waals surface area contributed by atoms with E-state index in [0.717, 1.165) is 11.3 Å². The summed E-state index contributed by atoms with van der Waals surface area (Å²) in [5.74, 6) is 0.0580. The number of nitrogens with one attached hydrogen (secondary N) is 1. The third-order valence-corrected chi connectivity index (χ3v) is 3.58. The van der Waals surface area contributed by atoms with Gasteiger partial charge < -0.3 is 5.32 Å². The van der Waals surface area contributed by atoms with Crippen molar-refractivity contribution in [2.75, 3.05) is 5.32 Å². The quantitative estimate of drug-likeness (QED) is 0.830. The second-order valence-electron chi connectivity index (χ2n) is 4.69.